The van der Waals surface area contributed by atoms with E-state index in [2.05, 4.69) is 45.5 Å². The van der Waals surface area contributed by atoms with E-state index in [0.717, 1.165) is 17.6 Å². The molecule has 1 saturated carbocycles. The van der Waals surface area contributed by atoms with Gasteiger partial charge >= 0.3 is 0 Å². The van der Waals surface area contributed by atoms with Gasteiger partial charge in [0, 0.05) is 29.5 Å². The Kier molecular flexibility index (Phi) is 4.49. The average Bonchev–Trinajstić information content (AvgIpc) is 2.49. The molecule has 110 valence electrons. The second-order valence-corrected chi connectivity index (χ2v) is 7.18. The first-order valence-corrected chi connectivity index (χ1v) is 8.54. The van der Waals surface area contributed by atoms with Crippen LogP contribution in [0.5, 0.6) is 0 Å². The van der Waals surface area contributed by atoms with Gasteiger partial charge in [-0.3, -0.25) is 0 Å². The van der Waals surface area contributed by atoms with Crippen LogP contribution < -0.4 is 5.32 Å². The normalized spacial score (nSPS) is 34.3. The molecular formula is C17H24BrNO. The number of hydrogen-bond donors (Lipinski definition) is 1. The van der Waals surface area contributed by atoms with Crippen LogP contribution in [-0.4, -0.2) is 26.3 Å². The molecule has 1 saturated heterocycles. The summed E-state index contributed by atoms with van der Waals surface area (Å²) in [6.07, 6.45) is 6.88. The van der Waals surface area contributed by atoms with Crippen LogP contribution in [0.15, 0.2) is 28.7 Å². The molecule has 0 bridgehead atoms. The van der Waals surface area contributed by atoms with Gasteiger partial charge in [-0.1, -0.05) is 40.9 Å². The summed E-state index contributed by atoms with van der Waals surface area (Å²) in [5.41, 5.74) is 1.80. The molecule has 0 aromatic heterocycles. The van der Waals surface area contributed by atoms with Crippen LogP contribution in [0.25, 0.3) is 0 Å². The fourth-order valence-electron chi connectivity index (χ4n) is 4.36. The molecule has 1 aromatic carbocycles. The summed E-state index contributed by atoms with van der Waals surface area (Å²) in [4.78, 5) is 0. The molecule has 1 aliphatic carbocycles. The fourth-order valence-corrected chi connectivity index (χ4v) is 4.62. The van der Waals surface area contributed by atoms with Crippen LogP contribution in [0.4, 0.5) is 0 Å². The predicted molar refractivity (Wildman–Crippen MR) is 86.1 cm³/mol. The van der Waals surface area contributed by atoms with Crippen LogP contribution in [0, 0.1) is 5.41 Å². The third-order valence-electron chi connectivity index (χ3n) is 5.37. The molecule has 0 amide bonds. The summed E-state index contributed by atoms with van der Waals surface area (Å²) in [6, 6.07) is 8.90. The summed E-state index contributed by atoms with van der Waals surface area (Å²) in [6.45, 7) is 2.22. The number of benzene rings is 1. The van der Waals surface area contributed by atoms with Crippen LogP contribution in [0.3, 0.4) is 0 Å². The summed E-state index contributed by atoms with van der Waals surface area (Å²) in [7, 11) is 1.90. The highest BCUT2D eigenvalue weighted by molar-refractivity contribution is 9.10. The molecule has 3 unspecified atom stereocenters. The molecule has 2 aliphatic rings. The van der Waals surface area contributed by atoms with Crippen molar-refractivity contribution in [3.8, 4) is 0 Å². The molecule has 20 heavy (non-hydrogen) atoms. The minimum atomic E-state index is 0.339. The van der Waals surface area contributed by atoms with Gasteiger partial charge in [-0.05, 0) is 43.5 Å². The maximum atomic E-state index is 5.92. The standard InChI is InChI=1S/C17H24BrNO/c1-20-16-4-2-3-9-17(16)10-11-19-12-15(17)13-5-7-14(18)8-6-13/h5-8,15-16,19H,2-4,9-12H2,1H3. The van der Waals surface area contributed by atoms with Crippen LogP contribution in [0.2, 0.25) is 0 Å². The van der Waals surface area contributed by atoms with E-state index in [-0.39, 0.29) is 0 Å². The largest absolute Gasteiger partial charge is 0.381 e. The van der Waals surface area contributed by atoms with Crippen molar-refractivity contribution in [3.63, 3.8) is 0 Å². The van der Waals surface area contributed by atoms with Gasteiger partial charge < -0.3 is 10.1 Å². The Morgan fingerprint density at radius 2 is 2.00 bits per heavy atom. The molecule has 1 aromatic rings. The minimum Gasteiger partial charge on any atom is -0.381 e. The number of rotatable bonds is 2. The molecular weight excluding hydrogens is 314 g/mol. The third kappa shape index (κ3) is 2.56. The number of halogens is 1. The van der Waals surface area contributed by atoms with E-state index in [0.29, 0.717) is 17.4 Å². The lowest BCUT2D eigenvalue weighted by Crippen LogP contribution is -2.52. The van der Waals surface area contributed by atoms with E-state index >= 15 is 0 Å². The van der Waals surface area contributed by atoms with Crippen molar-refractivity contribution < 1.29 is 4.74 Å². The quantitative estimate of drug-likeness (QED) is 0.877. The maximum Gasteiger partial charge on any atom is 0.0634 e. The lowest BCUT2D eigenvalue weighted by molar-refractivity contribution is -0.0717. The Hall–Kier alpha value is -0.380. The Labute approximate surface area is 130 Å². The Morgan fingerprint density at radius 3 is 2.75 bits per heavy atom. The fraction of sp³-hybridized carbons (Fsp3) is 0.647. The zero-order valence-corrected chi connectivity index (χ0v) is 13.8. The first-order valence-electron chi connectivity index (χ1n) is 7.75. The summed E-state index contributed by atoms with van der Waals surface area (Å²) in [5, 5.41) is 3.60. The lowest BCUT2D eigenvalue weighted by atomic mass is 9.59. The first kappa shape index (κ1) is 14.6. The molecule has 1 spiro atoms. The van der Waals surface area contributed by atoms with Crippen LogP contribution in [0.1, 0.15) is 43.6 Å². The van der Waals surface area contributed by atoms with E-state index in [1.807, 2.05) is 7.11 Å². The molecule has 2 nitrogen and oxygen atoms in total. The second kappa shape index (κ2) is 6.17. The molecule has 3 rings (SSSR count). The molecule has 1 N–H and O–H groups in total. The van der Waals surface area contributed by atoms with Gasteiger partial charge in [-0.15, -0.1) is 0 Å². The van der Waals surface area contributed by atoms with Crippen molar-refractivity contribution in [2.75, 3.05) is 20.2 Å². The molecule has 3 heteroatoms. The van der Waals surface area contributed by atoms with Gasteiger partial charge in [0.05, 0.1) is 6.10 Å². The molecule has 3 atom stereocenters. The monoisotopic (exact) mass is 337 g/mol. The third-order valence-corrected chi connectivity index (χ3v) is 5.90. The van der Waals surface area contributed by atoms with Crippen molar-refractivity contribution in [2.45, 2.75) is 44.1 Å². The Bertz CT molecular complexity index is 441. The van der Waals surface area contributed by atoms with E-state index < -0.39 is 0 Å². The first-order chi connectivity index (χ1) is 9.76. The number of piperidine rings is 1. The second-order valence-electron chi connectivity index (χ2n) is 6.26. The van der Waals surface area contributed by atoms with E-state index in [1.165, 1.54) is 37.7 Å². The Balaban J connectivity index is 1.95. The van der Waals surface area contributed by atoms with Gasteiger partial charge in [0.15, 0.2) is 0 Å². The highest BCUT2D eigenvalue weighted by Gasteiger charge is 2.48. The van der Waals surface area contributed by atoms with Crippen LogP contribution >= 0.6 is 15.9 Å². The Morgan fingerprint density at radius 1 is 1.20 bits per heavy atom. The van der Waals surface area contributed by atoms with Crippen molar-refractivity contribution in [1.29, 1.82) is 0 Å². The van der Waals surface area contributed by atoms with Gasteiger partial charge in [0.1, 0.15) is 0 Å². The van der Waals surface area contributed by atoms with E-state index in [9.17, 15) is 0 Å². The van der Waals surface area contributed by atoms with Gasteiger partial charge in [0.25, 0.3) is 0 Å². The molecule has 1 heterocycles. The number of ether oxygens (including phenoxy) is 1. The number of nitrogens with one attached hydrogen (secondary N) is 1. The zero-order valence-electron chi connectivity index (χ0n) is 12.2. The molecule has 2 fully saturated rings. The predicted octanol–water partition coefficient (Wildman–Crippen LogP) is 4.10. The molecule has 1 aliphatic heterocycles. The number of hydrogen-bond acceptors (Lipinski definition) is 2. The minimum absolute atomic E-state index is 0.339. The SMILES string of the molecule is COC1CCCCC12CCNCC2c1ccc(Br)cc1. The maximum absolute atomic E-state index is 5.92. The number of methoxy groups -OCH3 is 1. The van der Waals surface area contributed by atoms with E-state index in [1.54, 1.807) is 0 Å². The van der Waals surface area contributed by atoms with Gasteiger partial charge in [-0.2, -0.15) is 0 Å². The van der Waals surface area contributed by atoms with Crippen LogP contribution in [-0.2, 0) is 4.74 Å². The van der Waals surface area contributed by atoms with E-state index in [4.69, 9.17) is 4.74 Å². The van der Waals surface area contributed by atoms with Crippen molar-refractivity contribution >= 4 is 15.9 Å². The smallest absolute Gasteiger partial charge is 0.0634 e. The topological polar surface area (TPSA) is 21.3 Å². The van der Waals surface area contributed by atoms with Crippen molar-refractivity contribution in [2.24, 2.45) is 5.41 Å². The highest BCUT2D eigenvalue weighted by Crippen LogP contribution is 2.52. The molecule has 0 radical (unpaired) electrons. The van der Waals surface area contributed by atoms with Gasteiger partial charge in [0.2, 0.25) is 0 Å². The summed E-state index contributed by atoms with van der Waals surface area (Å²) < 4.78 is 7.08. The highest BCUT2D eigenvalue weighted by atomic mass is 79.9. The van der Waals surface area contributed by atoms with Crippen molar-refractivity contribution in [3.05, 3.63) is 34.3 Å². The zero-order chi connectivity index (χ0) is 14.0. The average molecular weight is 338 g/mol. The summed E-state index contributed by atoms with van der Waals surface area (Å²) in [5.74, 6) is 0.578. The summed E-state index contributed by atoms with van der Waals surface area (Å²) >= 11 is 3.54. The van der Waals surface area contributed by atoms with Crippen molar-refractivity contribution in [1.82, 2.24) is 5.32 Å². The lowest BCUT2D eigenvalue weighted by Gasteiger charge is -2.51. The van der Waals surface area contributed by atoms with Gasteiger partial charge in [-0.25, -0.2) is 0 Å².